The van der Waals surface area contributed by atoms with Crippen molar-refractivity contribution < 1.29 is 42.9 Å². The molecule has 0 aromatic carbocycles. The molecule has 9 N–H and O–H groups in total. The number of esters is 1. The summed E-state index contributed by atoms with van der Waals surface area (Å²) in [6.45, 7) is 9.87. The third kappa shape index (κ3) is 26.8. The summed E-state index contributed by atoms with van der Waals surface area (Å²) in [5.74, 6) is -1.28. The SMILES string of the molecule is CC(C)(C)OC(=O)CCOCCOCCOCCOCCNC(=O)[C@H](CCCCN)NC(=O)[C@H](CCCCN)NC(=O)CCCN. The second kappa shape index (κ2) is 28.8. The Hall–Kier alpha value is -2.40. The van der Waals surface area contributed by atoms with E-state index in [-0.39, 0.29) is 50.4 Å². The average molecular weight is 663 g/mol. The summed E-state index contributed by atoms with van der Waals surface area (Å²) in [6, 6.07) is -1.53. The number of carbonyl (C=O) groups excluding carboxylic acids is 4. The lowest BCUT2D eigenvalue weighted by Crippen LogP contribution is -2.54. The molecule has 0 bridgehead atoms. The summed E-state index contributed by atoms with van der Waals surface area (Å²) in [5.41, 5.74) is 16.2. The number of carbonyl (C=O) groups is 4. The molecule has 0 aromatic heterocycles. The molecule has 0 heterocycles. The second-order valence-corrected chi connectivity index (χ2v) is 11.7. The van der Waals surface area contributed by atoms with Crippen LogP contribution in [0.15, 0.2) is 0 Å². The zero-order valence-electron chi connectivity index (χ0n) is 28.4. The van der Waals surface area contributed by atoms with Crippen LogP contribution >= 0.6 is 0 Å². The van der Waals surface area contributed by atoms with Crippen molar-refractivity contribution in [1.29, 1.82) is 0 Å². The lowest BCUT2D eigenvalue weighted by atomic mass is 10.1. The van der Waals surface area contributed by atoms with Gasteiger partial charge in [-0.1, -0.05) is 0 Å². The molecular formula is C31H62N6O9. The molecule has 15 nitrogen and oxygen atoms in total. The van der Waals surface area contributed by atoms with E-state index in [1.165, 1.54) is 0 Å². The molecule has 2 atom stereocenters. The molecule has 3 amide bonds. The van der Waals surface area contributed by atoms with Crippen LogP contribution in [-0.2, 0) is 42.9 Å². The summed E-state index contributed by atoms with van der Waals surface area (Å²) < 4.78 is 27.0. The van der Waals surface area contributed by atoms with Crippen LogP contribution in [0.2, 0.25) is 0 Å². The number of amides is 3. The van der Waals surface area contributed by atoms with Crippen molar-refractivity contribution in [2.24, 2.45) is 17.2 Å². The third-order valence-electron chi connectivity index (χ3n) is 6.32. The highest BCUT2D eigenvalue weighted by molar-refractivity contribution is 5.92. The minimum absolute atomic E-state index is 0.198. The van der Waals surface area contributed by atoms with Gasteiger partial charge in [0.15, 0.2) is 0 Å². The molecule has 0 saturated carbocycles. The highest BCUT2D eigenvalue weighted by Gasteiger charge is 2.26. The molecule has 0 saturated heterocycles. The summed E-state index contributed by atoms with van der Waals surface area (Å²) >= 11 is 0. The standard InChI is InChI=1S/C31H62N6O9/c1-31(2,3)46-28(39)12-17-42-19-21-44-23-24-45-22-20-43-18-16-35-29(40)25(9-4-6-13-32)37-30(41)26(10-5-7-14-33)36-27(38)11-8-15-34/h25-26H,4-24,32-34H2,1-3H3,(H,35,40)(H,36,38)(H,37,41)/t25-,26-/m0/s1. The lowest BCUT2D eigenvalue weighted by molar-refractivity contribution is -0.156. The van der Waals surface area contributed by atoms with Crippen LogP contribution in [0.1, 0.15) is 78.6 Å². The van der Waals surface area contributed by atoms with Gasteiger partial charge in [0, 0.05) is 13.0 Å². The Morgan fingerprint density at radius 3 is 1.57 bits per heavy atom. The summed E-state index contributed by atoms with van der Waals surface area (Å²) in [4.78, 5) is 49.9. The maximum absolute atomic E-state index is 13.1. The molecule has 15 heteroatoms. The summed E-state index contributed by atoms with van der Waals surface area (Å²) in [5, 5.41) is 8.39. The topological polar surface area (TPSA) is 229 Å². The number of hydrogen-bond donors (Lipinski definition) is 6. The molecule has 0 rings (SSSR count). The minimum Gasteiger partial charge on any atom is -0.460 e. The number of nitrogens with one attached hydrogen (secondary N) is 3. The Morgan fingerprint density at radius 2 is 1.07 bits per heavy atom. The minimum atomic E-state index is -0.768. The van der Waals surface area contributed by atoms with Crippen LogP contribution in [0.25, 0.3) is 0 Å². The molecule has 0 radical (unpaired) electrons. The van der Waals surface area contributed by atoms with E-state index in [9.17, 15) is 19.2 Å². The van der Waals surface area contributed by atoms with Crippen LogP contribution in [0.3, 0.4) is 0 Å². The average Bonchev–Trinajstić information content (AvgIpc) is 3.00. The number of rotatable bonds is 30. The zero-order chi connectivity index (χ0) is 34.5. The Labute approximate surface area is 275 Å². The van der Waals surface area contributed by atoms with Gasteiger partial charge < -0.3 is 56.8 Å². The smallest absolute Gasteiger partial charge is 0.308 e. The Kier molecular flexibility index (Phi) is 27.3. The van der Waals surface area contributed by atoms with Gasteiger partial charge in [0.1, 0.15) is 17.7 Å². The van der Waals surface area contributed by atoms with Gasteiger partial charge in [-0.15, -0.1) is 0 Å². The van der Waals surface area contributed by atoms with Gasteiger partial charge in [-0.2, -0.15) is 0 Å². The van der Waals surface area contributed by atoms with Crippen molar-refractivity contribution >= 4 is 23.7 Å². The van der Waals surface area contributed by atoms with Crippen molar-refractivity contribution in [3.05, 3.63) is 0 Å². The van der Waals surface area contributed by atoms with E-state index in [0.717, 1.165) is 6.42 Å². The highest BCUT2D eigenvalue weighted by atomic mass is 16.6. The van der Waals surface area contributed by atoms with Crippen LogP contribution in [-0.4, -0.2) is 120 Å². The third-order valence-corrected chi connectivity index (χ3v) is 6.32. The van der Waals surface area contributed by atoms with Crippen LogP contribution in [0.5, 0.6) is 0 Å². The summed E-state index contributed by atoms with van der Waals surface area (Å²) in [6.07, 6.45) is 4.54. The highest BCUT2D eigenvalue weighted by Crippen LogP contribution is 2.08. The first kappa shape index (κ1) is 43.6. The van der Waals surface area contributed by atoms with Crippen molar-refractivity contribution in [1.82, 2.24) is 16.0 Å². The fourth-order valence-corrected chi connectivity index (χ4v) is 4.00. The van der Waals surface area contributed by atoms with Crippen molar-refractivity contribution in [3.63, 3.8) is 0 Å². The van der Waals surface area contributed by atoms with Crippen LogP contribution in [0, 0.1) is 0 Å². The van der Waals surface area contributed by atoms with Gasteiger partial charge in [-0.05, 0) is 85.4 Å². The van der Waals surface area contributed by atoms with E-state index in [1.54, 1.807) is 0 Å². The maximum atomic E-state index is 13.1. The zero-order valence-corrected chi connectivity index (χ0v) is 28.4. The monoisotopic (exact) mass is 662 g/mol. The fourth-order valence-electron chi connectivity index (χ4n) is 4.00. The van der Waals surface area contributed by atoms with Crippen LogP contribution < -0.4 is 33.2 Å². The van der Waals surface area contributed by atoms with E-state index in [1.807, 2.05) is 20.8 Å². The van der Waals surface area contributed by atoms with Gasteiger partial charge in [-0.25, -0.2) is 0 Å². The number of unbranched alkanes of at least 4 members (excludes halogenated alkanes) is 2. The van der Waals surface area contributed by atoms with E-state index < -0.39 is 23.6 Å². The van der Waals surface area contributed by atoms with Crippen molar-refractivity contribution in [3.8, 4) is 0 Å². The number of ether oxygens (including phenoxy) is 5. The maximum Gasteiger partial charge on any atom is 0.308 e. The van der Waals surface area contributed by atoms with Gasteiger partial charge >= 0.3 is 5.97 Å². The fraction of sp³-hybridized carbons (Fsp3) is 0.871. The van der Waals surface area contributed by atoms with Gasteiger partial charge in [-0.3, -0.25) is 19.2 Å². The molecular weight excluding hydrogens is 600 g/mol. The molecule has 0 aliphatic carbocycles. The number of nitrogens with two attached hydrogens (primary N) is 3. The molecule has 0 fully saturated rings. The van der Waals surface area contributed by atoms with E-state index in [0.29, 0.717) is 97.8 Å². The quantitative estimate of drug-likeness (QED) is 0.0437. The van der Waals surface area contributed by atoms with E-state index in [2.05, 4.69) is 16.0 Å². The van der Waals surface area contributed by atoms with Gasteiger partial charge in [0.05, 0.1) is 59.3 Å². The van der Waals surface area contributed by atoms with Crippen molar-refractivity contribution in [2.45, 2.75) is 96.2 Å². The number of hydrogen-bond acceptors (Lipinski definition) is 12. The lowest BCUT2D eigenvalue weighted by Gasteiger charge is -2.23. The molecule has 0 unspecified atom stereocenters. The van der Waals surface area contributed by atoms with Gasteiger partial charge in [0.25, 0.3) is 0 Å². The molecule has 46 heavy (non-hydrogen) atoms. The largest absolute Gasteiger partial charge is 0.460 e. The van der Waals surface area contributed by atoms with Gasteiger partial charge in [0.2, 0.25) is 17.7 Å². The molecule has 0 aromatic rings. The molecule has 0 aliphatic rings. The normalized spacial score (nSPS) is 12.7. The Bertz CT molecular complexity index is 814. The summed E-state index contributed by atoms with van der Waals surface area (Å²) in [7, 11) is 0. The Morgan fingerprint density at radius 1 is 0.587 bits per heavy atom. The molecule has 0 spiro atoms. The van der Waals surface area contributed by atoms with E-state index in [4.69, 9.17) is 40.9 Å². The van der Waals surface area contributed by atoms with Crippen molar-refractivity contribution in [2.75, 3.05) is 79.0 Å². The first-order valence-corrected chi connectivity index (χ1v) is 16.5. The predicted molar refractivity (Wildman–Crippen MR) is 175 cm³/mol. The molecule has 0 aliphatic heterocycles. The van der Waals surface area contributed by atoms with Crippen LogP contribution in [0.4, 0.5) is 0 Å². The Balaban J connectivity index is 4.26. The first-order valence-electron chi connectivity index (χ1n) is 16.5. The van der Waals surface area contributed by atoms with E-state index >= 15 is 0 Å². The first-order chi connectivity index (χ1) is 22.0. The molecule has 270 valence electrons. The second-order valence-electron chi connectivity index (χ2n) is 11.7. The predicted octanol–water partition coefficient (Wildman–Crippen LogP) is -0.133.